The highest BCUT2D eigenvalue weighted by Gasteiger charge is 2.24. The highest BCUT2D eigenvalue weighted by molar-refractivity contribution is 6.07. The molecule has 1 fully saturated rings. The van der Waals surface area contributed by atoms with Crippen LogP contribution in [0.2, 0.25) is 0 Å². The molecule has 0 aliphatic carbocycles. The summed E-state index contributed by atoms with van der Waals surface area (Å²) in [5.41, 5.74) is 1.29. The van der Waals surface area contributed by atoms with Gasteiger partial charge in [-0.15, -0.1) is 0 Å². The van der Waals surface area contributed by atoms with E-state index in [0.29, 0.717) is 12.1 Å². The lowest BCUT2D eigenvalue weighted by atomic mass is 10.0. The number of rotatable bonds is 6. The molecule has 1 saturated heterocycles. The molecule has 0 radical (unpaired) electrons. The maximum atomic E-state index is 12.2. The van der Waals surface area contributed by atoms with E-state index in [0.717, 1.165) is 47.1 Å². The predicted octanol–water partition coefficient (Wildman–Crippen LogP) is 4.86. The number of likely N-dealkylation sites (tertiary alicyclic amines) is 1. The fraction of sp³-hybridized carbons (Fsp3) is 0.320. The van der Waals surface area contributed by atoms with Crippen molar-refractivity contribution in [3.63, 3.8) is 0 Å². The third-order valence-corrected chi connectivity index (χ3v) is 6.07. The van der Waals surface area contributed by atoms with E-state index in [4.69, 9.17) is 8.83 Å². The first-order valence-electron chi connectivity index (χ1n) is 10.7. The molecule has 2 aromatic carbocycles. The molecule has 1 aliphatic heterocycles. The summed E-state index contributed by atoms with van der Waals surface area (Å²) >= 11 is 0. The number of nitrogens with zero attached hydrogens (tertiary/aromatic N) is 1. The standard InChI is InChI=1S/C25H26N2O3/c28-24-15-19(25-20-8-3-2-7-18(20)10-11-23(25)30-24)16-26-17-21(22-9-6-14-29-22)27-12-4-1-5-13-27/h2-3,6-11,14-15,21,26H,1,4-5,12-13,16-17H2/t21-/m0/s1. The molecule has 0 unspecified atom stereocenters. The lowest BCUT2D eigenvalue weighted by molar-refractivity contribution is 0.142. The number of nitrogens with one attached hydrogen (secondary N) is 1. The monoisotopic (exact) mass is 402 g/mol. The molecule has 3 heterocycles. The van der Waals surface area contributed by atoms with Crippen molar-refractivity contribution in [2.45, 2.75) is 31.8 Å². The van der Waals surface area contributed by atoms with Gasteiger partial charge in [0.05, 0.1) is 12.3 Å². The Morgan fingerprint density at radius 2 is 1.87 bits per heavy atom. The van der Waals surface area contributed by atoms with E-state index >= 15 is 0 Å². The molecule has 5 rings (SSSR count). The molecule has 0 amide bonds. The molecule has 0 spiro atoms. The Labute approximate surface area is 175 Å². The summed E-state index contributed by atoms with van der Waals surface area (Å²) in [6, 6.07) is 17.9. The van der Waals surface area contributed by atoms with E-state index in [9.17, 15) is 4.79 Å². The lowest BCUT2D eigenvalue weighted by Gasteiger charge is -2.33. The Kier molecular flexibility index (Phi) is 5.39. The number of fused-ring (bicyclic) bond motifs is 3. The van der Waals surface area contributed by atoms with Crippen LogP contribution in [0.15, 0.2) is 74.5 Å². The van der Waals surface area contributed by atoms with Crippen molar-refractivity contribution < 1.29 is 8.83 Å². The summed E-state index contributed by atoms with van der Waals surface area (Å²) in [4.78, 5) is 14.7. The van der Waals surface area contributed by atoms with Gasteiger partial charge in [0.15, 0.2) is 0 Å². The highest BCUT2D eigenvalue weighted by atomic mass is 16.4. The van der Waals surface area contributed by atoms with Crippen LogP contribution in [0, 0.1) is 0 Å². The van der Waals surface area contributed by atoms with Crippen molar-refractivity contribution >= 4 is 21.7 Å². The number of furan rings is 1. The van der Waals surface area contributed by atoms with Gasteiger partial charge < -0.3 is 14.2 Å². The lowest BCUT2D eigenvalue weighted by Crippen LogP contribution is -2.38. The Balaban J connectivity index is 1.42. The van der Waals surface area contributed by atoms with Crippen LogP contribution in [0.4, 0.5) is 0 Å². The van der Waals surface area contributed by atoms with Crippen LogP contribution >= 0.6 is 0 Å². The maximum Gasteiger partial charge on any atom is 0.336 e. The van der Waals surface area contributed by atoms with E-state index in [1.54, 1.807) is 12.3 Å². The number of hydrogen-bond acceptors (Lipinski definition) is 5. The van der Waals surface area contributed by atoms with E-state index in [2.05, 4.69) is 28.4 Å². The molecule has 5 heteroatoms. The molecule has 0 saturated carbocycles. The minimum atomic E-state index is -0.312. The summed E-state index contributed by atoms with van der Waals surface area (Å²) in [6.45, 7) is 3.55. The zero-order chi connectivity index (χ0) is 20.3. The quantitative estimate of drug-likeness (QED) is 0.369. The minimum Gasteiger partial charge on any atom is -0.468 e. The highest BCUT2D eigenvalue weighted by Crippen LogP contribution is 2.28. The second-order valence-electron chi connectivity index (χ2n) is 8.01. The Hall–Kier alpha value is -2.89. The second-order valence-corrected chi connectivity index (χ2v) is 8.01. The summed E-state index contributed by atoms with van der Waals surface area (Å²) in [5.74, 6) is 0.993. The van der Waals surface area contributed by atoms with E-state index in [1.165, 1.54) is 19.3 Å². The average molecular weight is 402 g/mol. The van der Waals surface area contributed by atoms with Gasteiger partial charge in [-0.3, -0.25) is 4.90 Å². The molecule has 1 N–H and O–H groups in total. The molecule has 4 aromatic rings. The van der Waals surface area contributed by atoms with Crippen LogP contribution in [0.3, 0.4) is 0 Å². The number of hydrogen-bond donors (Lipinski definition) is 1. The van der Waals surface area contributed by atoms with Crippen LogP contribution in [0.5, 0.6) is 0 Å². The first-order chi connectivity index (χ1) is 14.8. The third-order valence-electron chi connectivity index (χ3n) is 6.07. The molecule has 5 nitrogen and oxygen atoms in total. The van der Waals surface area contributed by atoms with Crippen molar-refractivity contribution in [1.82, 2.24) is 10.2 Å². The molecular formula is C25H26N2O3. The molecule has 1 aliphatic rings. The summed E-state index contributed by atoms with van der Waals surface area (Å²) in [6.07, 6.45) is 5.50. The van der Waals surface area contributed by atoms with E-state index in [-0.39, 0.29) is 11.7 Å². The molecular weight excluding hydrogens is 376 g/mol. The van der Waals surface area contributed by atoms with Gasteiger partial charge in [0.2, 0.25) is 0 Å². The van der Waals surface area contributed by atoms with Gasteiger partial charge in [0.1, 0.15) is 11.3 Å². The van der Waals surface area contributed by atoms with Crippen LogP contribution in [0.25, 0.3) is 21.7 Å². The first-order valence-corrected chi connectivity index (χ1v) is 10.7. The van der Waals surface area contributed by atoms with Gasteiger partial charge >= 0.3 is 5.63 Å². The second kappa shape index (κ2) is 8.46. The summed E-state index contributed by atoms with van der Waals surface area (Å²) in [7, 11) is 0. The zero-order valence-corrected chi connectivity index (χ0v) is 17.0. The molecule has 154 valence electrons. The number of benzene rings is 2. The van der Waals surface area contributed by atoms with Crippen molar-refractivity contribution in [2.24, 2.45) is 0 Å². The number of piperidine rings is 1. The van der Waals surface area contributed by atoms with E-state index in [1.807, 2.05) is 30.3 Å². The van der Waals surface area contributed by atoms with Gasteiger partial charge in [-0.1, -0.05) is 36.8 Å². The Morgan fingerprint density at radius 1 is 1.00 bits per heavy atom. The van der Waals surface area contributed by atoms with Crippen LogP contribution < -0.4 is 10.9 Å². The average Bonchev–Trinajstić information content (AvgIpc) is 3.31. The van der Waals surface area contributed by atoms with Gasteiger partial charge in [-0.2, -0.15) is 0 Å². The predicted molar refractivity (Wildman–Crippen MR) is 119 cm³/mol. The van der Waals surface area contributed by atoms with Crippen molar-refractivity contribution in [3.05, 3.63) is 82.6 Å². The van der Waals surface area contributed by atoms with Crippen molar-refractivity contribution in [3.8, 4) is 0 Å². The molecule has 0 bridgehead atoms. The van der Waals surface area contributed by atoms with Crippen molar-refractivity contribution in [1.29, 1.82) is 0 Å². The maximum absolute atomic E-state index is 12.2. The van der Waals surface area contributed by atoms with Crippen LogP contribution in [-0.2, 0) is 6.54 Å². The molecule has 30 heavy (non-hydrogen) atoms. The smallest absolute Gasteiger partial charge is 0.336 e. The first kappa shape index (κ1) is 19.1. The van der Waals surface area contributed by atoms with Gasteiger partial charge in [0, 0.05) is 24.5 Å². The molecule has 2 aromatic heterocycles. The zero-order valence-electron chi connectivity index (χ0n) is 17.0. The summed E-state index contributed by atoms with van der Waals surface area (Å²) < 4.78 is 11.2. The van der Waals surface area contributed by atoms with Gasteiger partial charge in [-0.25, -0.2) is 4.79 Å². The molecule has 1 atom stereocenters. The normalized spacial score (nSPS) is 16.3. The van der Waals surface area contributed by atoms with Crippen molar-refractivity contribution in [2.75, 3.05) is 19.6 Å². The Bertz CT molecular complexity index is 1190. The fourth-order valence-corrected chi connectivity index (χ4v) is 4.62. The SMILES string of the molecule is O=c1cc(CNC[C@@H](c2ccco2)N2CCCCC2)c2c(ccc3ccccc32)o1. The largest absolute Gasteiger partial charge is 0.468 e. The van der Waals surface area contributed by atoms with E-state index < -0.39 is 0 Å². The van der Waals surface area contributed by atoms with Crippen LogP contribution in [-0.4, -0.2) is 24.5 Å². The third kappa shape index (κ3) is 3.78. The van der Waals surface area contributed by atoms with Gasteiger partial charge in [0.25, 0.3) is 0 Å². The minimum absolute atomic E-state index is 0.198. The fourth-order valence-electron chi connectivity index (χ4n) is 4.62. The Morgan fingerprint density at radius 3 is 2.70 bits per heavy atom. The summed E-state index contributed by atoms with van der Waals surface area (Å²) in [5, 5.41) is 6.84. The van der Waals surface area contributed by atoms with Crippen LogP contribution in [0.1, 0.15) is 36.6 Å². The van der Waals surface area contributed by atoms with Gasteiger partial charge in [-0.05, 0) is 60.5 Å². The topological polar surface area (TPSA) is 58.6 Å².